The van der Waals surface area contributed by atoms with Crippen LogP contribution in [-0.4, -0.2) is 21.0 Å². The number of amides is 1. The molecule has 0 saturated carbocycles. The number of carbonyl (C=O) groups excluding carboxylic acids is 1. The van der Waals surface area contributed by atoms with Crippen LogP contribution in [0.25, 0.3) is 0 Å². The highest BCUT2D eigenvalue weighted by atomic mass is 32.2. The first-order chi connectivity index (χ1) is 10.0. The van der Waals surface area contributed by atoms with Gasteiger partial charge in [-0.05, 0) is 19.4 Å². The minimum absolute atomic E-state index is 0.199. The molecule has 6 heteroatoms. The first-order valence-electron chi connectivity index (χ1n) is 6.66. The van der Waals surface area contributed by atoms with Crippen LogP contribution in [0.4, 0.5) is 5.82 Å². The lowest BCUT2D eigenvalue weighted by Gasteiger charge is -2.04. The molecule has 5 nitrogen and oxygen atoms in total. The van der Waals surface area contributed by atoms with Gasteiger partial charge in [-0.25, -0.2) is 0 Å². The van der Waals surface area contributed by atoms with E-state index in [9.17, 15) is 9.00 Å². The van der Waals surface area contributed by atoms with E-state index in [4.69, 9.17) is 4.52 Å². The van der Waals surface area contributed by atoms with Crippen LogP contribution in [0.1, 0.15) is 23.3 Å². The molecule has 2 rings (SSSR count). The predicted molar refractivity (Wildman–Crippen MR) is 82.4 cm³/mol. The molecule has 0 spiro atoms. The van der Waals surface area contributed by atoms with E-state index in [0.717, 1.165) is 11.1 Å². The molecule has 0 fully saturated rings. The highest BCUT2D eigenvalue weighted by molar-refractivity contribution is 7.84. The first-order valence-corrected chi connectivity index (χ1v) is 8.15. The molecule has 2 aromatic rings. The molecule has 1 aromatic heterocycles. The van der Waals surface area contributed by atoms with Crippen molar-refractivity contribution in [1.29, 1.82) is 0 Å². The number of anilines is 1. The van der Waals surface area contributed by atoms with Gasteiger partial charge in [0.2, 0.25) is 5.91 Å². The molecule has 1 aromatic carbocycles. The van der Waals surface area contributed by atoms with Crippen molar-refractivity contribution in [2.45, 2.75) is 26.0 Å². The number of benzene rings is 1. The summed E-state index contributed by atoms with van der Waals surface area (Å²) in [7, 11) is -1.06. The number of carbonyl (C=O) groups is 1. The molecule has 0 radical (unpaired) electrons. The lowest BCUT2D eigenvalue weighted by molar-refractivity contribution is -0.115. The molecule has 112 valence electrons. The molecule has 1 amide bonds. The van der Waals surface area contributed by atoms with E-state index in [2.05, 4.69) is 10.5 Å². The molecule has 0 unspecified atom stereocenters. The average Bonchev–Trinajstić information content (AvgIpc) is 2.82. The Kier molecular flexibility index (Phi) is 5.27. The van der Waals surface area contributed by atoms with Gasteiger partial charge in [-0.15, -0.1) is 0 Å². The van der Waals surface area contributed by atoms with Crippen LogP contribution in [0, 0.1) is 13.8 Å². The minimum atomic E-state index is -1.06. The molecule has 0 bridgehead atoms. The van der Waals surface area contributed by atoms with E-state index in [-0.39, 0.29) is 12.3 Å². The van der Waals surface area contributed by atoms with Crippen molar-refractivity contribution in [1.82, 2.24) is 5.16 Å². The number of rotatable bonds is 6. The molecular weight excluding hydrogens is 288 g/mol. The van der Waals surface area contributed by atoms with Crippen molar-refractivity contribution in [3.8, 4) is 0 Å². The summed E-state index contributed by atoms with van der Waals surface area (Å²) in [6.07, 6.45) is 0.199. The number of nitrogens with one attached hydrogen (secondary N) is 1. The second-order valence-electron chi connectivity index (χ2n) is 4.90. The lowest BCUT2D eigenvalue weighted by atomic mass is 10.2. The number of hydrogen-bond acceptors (Lipinski definition) is 4. The van der Waals surface area contributed by atoms with Gasteiger partial charge in [0.05, 0.1) is 0 Å². The van der Waals surface area contributed by atoms with Gasteiger partial charge in [0, 0.05) is 34.8 Å². The Morgan fingerprint density at radius 2 is 2.14 bits per heavy atom. The van der Waals surface area contributed by atoms with E-state index < -0.39 is 10.8 Å². The number of hydrogen-bond donors (Lipinski definition) is 1. The molecule has 0 aliphatic heterocycles. The van der Waals surface area contributed by atoms with E-state index >= 15 is 0 Å². The normalized spacial score (nSPS) is 12.1. The van der Waals surface area contributed by atoms with E-state index in [1.165, 1.54) is 0 Å². The van der Waals surface area contributed by atoms with Gasteiger partial charge >= 0.3 is 0 Å². The fourth-order valence-corrected chi connectivity index (χ4v) is 3.01. The summed E-state index contributed by atoms with van der Waals surface area (Å²) >= 11 is 0. The van der Waals surface area contributed by atoms with Crippen molar-refractivity contribution in [2.24, 2.45) is 0 Å². The maximum absolute atomic E-state index is 12.0. The van der Waals surface area contributed by atoms with Gasteiger partial charge in [-0.2, -0.15) is 0 Å². The van der Waals surface area contributed by atoms with Crippen molar-refractivity contribution in [3.63, 3.8) is 0 Å². The molecule has 0 aliphatic rings. The molecule has 0 saturated heterocycles. The quantitative estimate of drug-likeness (QED) is 0.890. The van der Waals surface area contributed by atoms with E-state index in [1.807, 2.05) is 31.2 Å². The molecule has 1 atom stereocenters. The van der Waals surface area contributed by atoms with Crippen LogP contribution in [0.3, 0.4) is 0 Å². The molecule has 1 heterocycles. The zero-order chi connectivity index (χ0) is 15.2. The topological polar surface area (TPSA) is 72.2 Å². The molecule has 0 aliphatic carbocycles. The van der Waals surface area contributed by atoms with Gasteiger partial charge in [0.15, 0.2) is 5.82 Å². The Balaban J connectivity index is 1.77. The van der Waals surface area contributed by atoms with Crippen LogP contribution in [0.2, 0.25) is 0 Å². The highest BCUT2D eigenvalue weighted by Gasteiger charge is 2.09. The van der Waals surface area contributed by atoms with Crippen molar-refractivity contribution < 1.29 is 13.5 Å². The largest absolute Gasteiger partial charge is 0.360 e. The third kappa shape index (κ3) is 5.15. The Hall–Kier alpha value is -1.95. The first kappa shape index (κ1) is 15.4. The van der Waals surface area contributed by atoms with Crippen molar-refractivity contribution in [3.05, 3.63) is 47.2 Å². The minimum Gasteiger partial charge on any atom is -0.360 e. The average molecular weight is 306 g/mol. The summed E-state index contributed by atoms with van der Waals surface area (Å²) in [5, 5.41) is 6.29. The van der Waals surface area contributed by atoms with Crippen molar-refractivity contribution >= 4 is 22.5 Å². The monoisotopic (exact) mass is 306 g/mol. The maximum atomic E-state index is 12.0. The Morgan fingerprint density at radius 3 is 2.81 bits per heavy atom. The van der Waals surface area contributed by atoms with E-state index in [0.29, 0.717) is 23.1 Å². The standard InChI is InChI=1S/C15H18N2O3S/c1-11-4-3-5-13(8-11)10-21(19)7-6-15(18)16-14-9-12(2)20-17-14/h3-5,8-9H,6-7,10H2,1-2H3,(H,16,17,18)/t21-/m1/s1. The highest BCUT2D eigenvalue weighted by Crippen LogP contribution is 2.09. The SMILES string of the molecule is Cc1cccc(C[S@](=O)CCC(=O)Nc2cc(C)on2)c1. The number of aromatic nitrogens is 1. The van der Waals surface area contributed by atoms with Crippen LogP contribution >= 0.6 is 0 Å². The Labute approximate surface area is 126 Å². The van der Waals surface area contributed by atoms with Crippen LogP contribution < -0.4 is 5.32 Å². The summed E-state index contributed by atoms with van der Waals surface area (Å²) in [5.41, 5.74) is 2.17. The summed E-state index contributed by atoms with van der Waals surface area (Å²) in [6, 6.07) is 9.54. The maximum Gasteiger partial charge on any atom is 0.226 e. The predicted octanol–water partition coefficient (Wildman–Crippen LogP) is 2.57. The smallest absolute Gasteiger partial charge is 0.226 e. The molecular formula is C15H18N2O3S. The van der Waals surface area contributed by atoms with Gasteiger partial charge in [-0.3, -0.25) is 9.00 Å². The van der Waals surface area contributed by atoms with Crippen molar-refractivity contribution in [2.75, 3.05) is 11.1 Å². The van der Waals surface area contributed by atoms with Crippen LogP contribution in [0.15, 0.2) is 34.9 Å². The molecule has 1 N–H and O–H groups in total. The summed E-state index contributed by atoms with van der Waals surface area (Å²) < 4.78 is 16.8. The fourth-order valence-electron chi connectivity index (χ4n) is 1.90. The zero-order valence-corrected chi connectivity index (χ0v) is 12.9. The van der Waals surface area contributed by atoms with Gasteiger partial charge in [-0.1, -0.05) is 35.0 Å². The second kappa shape index (κ2) is 7.17. The van der Waals surface area contributed by atoms with Gasteiger partial charge < -0.3 is 9.84 Å². The third-order valence-electron chi connectivity index (χ3n) is 2.86. The Bertz CT molecular complexity index is 652. The lowest BCUT2D eigenvalue weighted by Crippen LogP contribution is -2.15. The summed E-state index contributed by atoms with van der Waals surface area (Å²) in [4.78, 5) is 11.7. The zero-order valence-electron chi connectivity index (χ0n) is 12.1. The van der Waals surface area contributed by atoms with Crippen LogP contribution in [-0.2, 0) is 21.3 Å². The molecule has 21 heavy (non-hydrogen) atoms. The Morgan fingerprint density at radius 1 is 1.33 bits per heavy atom. The van der Waals surface area contributed by atoms with Crippen LogP contribution in [0.5, 0.6) is 0 Å². The van der Waals surface area contributed by atoms with E-state index in [1.54, 1.807) is 13.0 Å². The second-order valence-corrected chi connectivity index (χ2v) is 6.47. The van der Waals surface area contributed by atoms with Gasteiger partial charge in [0.25, 0.3) is 0 Å². The third-order valence-corrected chi connectivity index (χ3v) is 4.18. The number of nitrogens with zero attached hydrogens (tertiary/aromatic N) is 1. The summed E-state index contributed by atoms with van der Waals surface area (Å²) in [5.74, 6) is 1.62. The summed E-state index contributed by atoms with van der Waals surface area (Å²) in [6.45, 7) is 3.75. The van der Waals surface area contributed by atoms with Gasteiger partial charge in [0.1, 0.15) is 5.76 Å². The number of aryl methyl sites for hydroxylation is 2. The fraction of sp³-hybridized carbons (Fsp3) is 0.333.